The van der Waals surface area contributed by atoms with Crippen LogP contribution in [0.5, 0.6) is 0 Å². The van der Waals surface area contributed by atoms with Gasteiger partial charge in [0.1, 0.15) is 0 Å². The van der Waals surface area contributed by atoms with Gasteiger partial charge < -0.3 is 20.6 Å². The van der Waals surface area contributed by atoms with E-state index < -0.39 is 12.0 Å². The van der Waals surface area contributed by atoms with Crippen LogP contribution in [0.2, 0.25) is 0 Å². The zero-order valence-corrected chi connectivity index (χ0v) is 13.1. The van der Waals surface area contributed by atoms with E-state index in [0.717, 1.165) is 3.57 Å². The highest BCUT2D eigenvalue weighted by Gasteiger charge is 2.13. The molecule has 0 saturated carbocycles. The molecule has 20 heavy (non-hydrogen) atoms. The molecule has 0 atom stereocenters. The third-order valence-electron chi connectivity index (χ3n) is 2.36. The Hall–Kier alpha value is -1.84. The third-order valence-corrected chi connectivity index (χ3v) is 3.03. The number of amides is 3. The minimum Gasteiger partial charge on any atom is -0.478 e. The number of carbonyl (C=O) groups excluding carboxylic acids is 2. The fraction of sp³-hybridized carbons (Fsp3) is 0.250. The number of nitrogens with one attached hydrogen (secondary N) is 2. The van der Waals surface area contributed by atoms with Crippen LogP contribution >= 0.6 is 22.6 Å². The summed E-state index contributed by atoms with van der Waals surface area (Å²) in [6.45, 7) is -0.161. The number of likely N-dealkylation sites (N-methyl/N-ethyl adjacent to an activating group) is 1. The summed E-state index contributed by atoms with van der Waals surface area (Å²) in [7, 11) is 3.15. The molecule has 3 amide bonds. The van der Waals surface area contributed by atoms with Crippen molar-refractivity contribution < 1.29 is 19.5 Å². The second-order valence-corrected chi connectivity index (χ2v) is 5.34. The van der Waals surface area contributed by atoms with Gasteiger partial charge in [0.15, 0.2) is 0 Å². The van der Waals surface area contributed by atoms with E-state index in [1.807, 2.05) is 22.6 Å². The van der Waals surface area contributed by atoms with Crippen LogP contribution in [0.15, 0.2) is 18.2 Å². The number of urea groups is 1. The van der Waals surface area contributed by atoms with Gasteiger partial charge >= 0.3 is 12.0 Å². The Morgan fingerprint density at radius 2 is 1.95 bits per heavy atom. The maximum atomic E-state index is 11.6. The standard InChI is InChI=1S/C12H14IN3O4/c1-16(2)10(17)6-14-12(20)15-9-4-3-7(13)5-8(9)11(18)19/h3-5H,6H2,1-2H3,(H,18,19)(H2,14,15,20). The summed E-state index contributed by atoms with van der Waals surface area (Å²) in [4.78, 5) is 35.3. The zero-order valence-electron chi connectivity index (χ0n) is 10.9. The molecule has 0 heterocycles. The summed E-state index contributed by atoms with van der Waals surface area (Å²) in [5.74, 6) is -1.40. The Kier molecular flexibility index (Phi) is 5.74. The summed E-state index contributed by atoms with van der Waals surface area (Å²) < 4.78 is 0.744. The Morgan fingerprint density at radius 1 is 1.30 bits per heavy atom. The maximum Gasteiger partial charge on any atom is 0.337 e. The first kappa shape index (κ1) is 16.2. The largest absolute Gasteiger partial charge is 0.478 e. The van der Waals surface area contributed by atoms with E-state index in [-0.39, 0.29) is 23.7 Å². The van der Waals surface area contributed by atoms with E-state index in [2.05, 4.69) is 10.6 Å². The molecule has 0 aliphatic heterocycles. The second-order valence-electron chi connectivity index (χ2n) is 4.09. The summed E-state index contributed by atoms with van der Waals surface area (Å²) in [6.07, 6.45) is 0. The number of hydrogen-bond donors (Lipinski definition) is 3. The highest BCUT2D eigenvalue weighted by Crippen LogP contribution is 2.18. The monoisotopic (exact) mass is 391 g/mol. The van der Waals surface area contributed by atoms with Gasteiger partial charge in [0.25, 0.3) is 0 Å². The van der Waals surface area contributed by atoms with Gasteiger partial charge in [0.2, 0.25) is 5.91 Å². The molecule has 0 aliphatic rings. The maximum absolute atomic E-state index is 11.6. The molecule has 0 bridgehead atoms. The molecule has 7 nitrogen and oxygen atoms in total. The molecule has 1 aromatic carbocycles. The van der Waals surface area contributed by atoms with Gasteiger partial charge in [-0.3, -0.25) is 4.79 Å². The van der Waals surface area contributed by atoms with Gasteiger partial charge in [-0.05, 0) is 40.8 Å². The van der Waals surface area contributed by atoms with Crippen LogP contribution in [0.3, 0.4) is 0 Å². The number of benzene rings is 1. The fourth-order valence-electron chi connectivity index (χ4n) is 1.28. The number of nitrogens with zero attached hydrogens (tertiary/aromatic N) is 1. The Bertz CT molecular complexity index is 546. The van der Waals surface area contributed by atoms with E-state index in [9.17, 15) is 14.4 Å². The molecular formula is C12H14IN3O4. The molecule has 0 aromatic heterocycles. The van der Waals surface area contributed by atoms with Crippen molar-refractivity contribution in [3.63, 3.8) is 0 Å². The minimum atomic E-state index is -1.14. The van der Waals surface area contributed by atoms with Gasteiger partial charge in [-0.1, -0.05) is 0 Å². The molecule has 108 valence electrons. The van der Waals surface area contributed by atoms with Crippen molar-refractivity contribution in [2.24, 2.45) is 0 Å². The molecule has 0 aliphatic carbocycles. The van der Waals surface area contributed by atoms with E-state index in [4.69, 9.17) is 5.11 Å². The Balaban J connectivity index is 2.71. The average Bonchev–Trinajstić information content (AvgIpc) is 2.37. The molecule has 0 unspecified atom stereocenters. The van der Waals surface area contributed by atoms with Gasteiger partial charge in [-0.15, -0.1) is 0 Å². The van der Waals surface area contributed by atoms with Crippen molar-refractivity contribution >= 4 is 46.2 Å². The Morgan fingerprint density at radius 3 is 2.50 bits per heavy atom. The number of hydrogen-bond acceptors (Lipinski definition) is 3. The summed E-state index contributed by atoms with van der Waals surface area (Å²) in [6, 6.07) is 3.99. The van der Waals surface area contributed by atoms with E-state index in [0.29, 0.717) is 0 Å². The van der Waals surface area contributed by atoms with Crippen LogP contribution in [0, 0.1) is 3.57 Å². The van der Waals surface area contributed by atoms with Gasteiger partial charge in [-0.25, -0.2) is 9.59 Å². The number of carboxylic acid groups (broad SMARTS) is 1. The van der Waals surface area contributed by atoms with Crippen LogP contribution in [-0.4, -0.2) is 48.6 Å². The highest BCUT2D eigenvalue weighted by atomic mass is 127. The van der Waals surface area contributed by atoms with Gasteiger partial charge in [0.05, 0.1) is 17.8 Å². The lowest BCUT2D eigenvalue weighted by atomic mass is 10.2. The van der Waals surface area contributed by atoms with E-state index in [1.165, 1.54) is 17.0 Å². The first-order valence-electron chi connectivity index (χ1n) is 5.59. The second kappa shape index (κ2) is 7.08. The number of anilines is 1. The first-order valence-corrected chi connectivity index (χ1v) is 6.67. The molecule has 3 N–H and O–H groups in total. The van der Waals surface area contributed by atoms with Crippen LogP contribution in [-0.2, 0) is 4.79 Å². The van der Waals surface area contributed by atoms with Gasteiger partial charge in [0, 0.05) is 17.7 Å². The normalized spacial score (nSPS) is 9.75. The smallest absolute Gasteiger partial charge is 0.337 e. The highest BCUT2D eigenvalue weighted by molar-refractivity contribution is 14.1. The molecule has 0 radical (unpaired) electrons. The fourth-order valence-corrected chi connectivity index (χ4v) is 1.77. The van der Waals surface area contributed by atoms with Crippen molar-refractivity contribution in [1.82, 2.24) is 10.2 Å². The molecule has 0 fully saturated rings. The predicted octanol–water partition coefficient (Wildman–Crippen LogP) is 1.20. The predicted molar refractivity (Wildman–Crippen MR) is 81.8 cm³/mol. The number of aromatic carboxylic acids is 1. The number of rotatable bonds is 4. The van der Waals surface area contributed by atoms with E-state index >= 15 is 0 Å². The summed E-state index contributed by atoms with van der Waals surface area (Å²) in [5, 5.41) is 13.8. The van der Waals surface area contributed by atoms with Crippen molar-refractivity contribution in [2.75, 3.05) is 26.0 Å². The van der Waals surface area contributed by atoms with Crippen molar-refractivity contribution in [3.05, 3.63) is 27.3 Å². The van der Waals surface area contributed by atoms with Crippen LogP contribution in [0.1, 0.15) is 10.4 Å². The SMILES string of the molecule is CN(C)C(=O)CNC(=O)Nc1ccc(I)cc1C(=O)O. The quantitative estimate of drug-likeness (QED) is 0.672. The molecule has 1 aromatic rings. The summed E-state index contributed by atoms with van der Waals surface area (Å²) >= 11 is 1.98. The molecule has 1 rings (SSSR count). The lowest BCUT2D eigenvalue weighted by Gasteiger charge is -2.12. The molecule has 0 saturated heterocycles. The molecule has 8 heteroatoms. The third kappa shape index (κ3) is 4.68. The van der Waals surface area contributed by atoms with Crippen molar-refractivity contribution in [3.8, 4) is 0 Å². The number of carbonyl (C=O) groups is 3. The number of halogens is 1. The van der Waals surface area contributed by atoms with E-state index in [1.54, 1.807) is 20.2 Å². The van der Waals surface area contributed by atoms with Crippen molar-refractivity contribution in [2.45, 2.75) is 0 Å². The average molecular weight is 391 g/mol. The van der Waals surface area contributed by atoms with Crippen LogP contribution < -0.4 is 10.6 Å². The first-order chi connectivity index (χ1) is 9.31. The van der Waals surface area contributed by atoms with Gasteiger partial charge in [-0.2, -0.15) is 0 Å². The minimum absolute atomic E-state index is 0.00835. The van der Waals surface area contributed by atoms with Crippen LogP contribution in [0.4, 0.5) is 10.5 Å². The molecular weight excluding hydrogens is 377 g/mol. The topological polar surface area (TPSA) is 98.7 Å². The Labute approximate surface area is 129 Å². The van der Waals surface area contributed by atoms with Crippen molar-refractivity contribution in [1.29, 1.82) is 0 Å². The van der Waals surface area contributed by atoms with Crippen LogP contribution in [0.25, 0.3) is 0 Å². The molecule has 0 spiro atoms. The lowest BCUT2D eigenvalue weighted by molar-refractivity contribution is -0.127. The zero-order chi connectivity index (χ0) is 15.3. The lowest BCUT2D eigenvalue weighted by Crippen LogP contribution is -2.38. The number of carboxylic acids is 1. The summed E-state index contributed by atoms with van der Waals surface area (Å²) in [5.41, 5.74) is 0.165.